The van der Waals surface area contributed by atoms with Gasteiger partial charge in [-0.2, -0.15) is 0 Å². The summed E-state index contributed by atoms with van der Waals surface area (Å²) in [7, 11) is 3.54. The normalized spacial score (nSPS) is 10.2. The zero-order chi connectivity index (χ0) is 11.4. The van der Waals surface area contributed by atoms with Crippen LogP contribution in [-0.2, 0) is 0 Å². The van der Waals surface area contributed by atoms with Crippen LogP contribution in [-0.4, -0.2) is 20.8 Å². The fourth-order valence-electron chi connectivity index (χ4n) is 1.48. The Balaban J connectivity index is 3.15. The number of anilines is 1. The molecule has 3 nitrogen and oxygen atoms in total. The summed E-state index contributed by atoms with van der Waals surface area (Å²) in [6, 6.07) is 1.94. The second-order valence-electron chi connectivity index (χ2n) is 3.42. The Labute approximate surface area is 95.8 Å². The largest absolute Gasteiger partial charge is 0.495 e. The van der Waals surface area contributed by atoms with Crippen molar-refractivity contribution in [1.82, 2.24) is 5.32 Å². The topological polar surface area (TPSA) is 33.3 Å². The molecule has 0 amide bonds. The van der Waals surface area contributed by atoms with Crippen LogP contribution in [0.5, 0.6) is 5.75 Å². The molecule has 0 aliphatic rings. The Morgan fingerprint density at radius 2 is 2.07 bits per heavy atom. The van der Waals surface area contributed by atoms with Gasteiger partial charge >= 0.3 is 0 Å². The molecular formula is C11H17ClN2O. The van der Waals surface area contributed by atoms with Crippen LogP contribution >= 0.6 is 11.6 Å². The number of benzene rings is 1. The molecule has 1 aromatic carbocycles. The van der Waals surface area contributed by atoms with Gasteiger partial charge in [0, 0.05) is 5.02 Å². The van der Waals surface area contributed by atoms with E-state index in [4.69, 9.17) is 16.3 Å². The van der Waals surface area contributed by atoms with Crippen molar-refractivity contribution in [3.63, 3.8) is 0 Å². The molecule has 15 heavy (non-hydrogen) atoms. The second-order valence-corrected chi connectivity index (χ2v) is 3.79. The zero-order valence-electron chi connectivity index (χ0n) is 9.57. The minimum atomic E-state index is 0.677. The molecule has 0 radical (unpaired) electrons. The quantitative estimate of drug-likeness (QED) is 0.778. The molecule has 84 valence electrons. The molecule has 0 fully saturated rings. The van der Waals surface area contributed by atoms with Gasteiger partial charge in [-0.25, -0.2) is 0 Å². The van der Waals surface area contributed by atoms with E-state index < -0.39 is 0 Å². The SMILES string of the molecule is CNCNc1c(OC)cc(C)c(Cl)c1C. The highest BCUT2D eigenvalue weighted by Gasteiger charge is 2.11. The first kappa shape index (κ1) is 12.1. The molecule has 1 rings (SSSR count). The molecule has 0 bridgehead atoms. The van der Waals surface area contributed by atoms with Crippen LogP contribution < -0.4 is 15.4 Å². The summed E-state index contributed by atoms with van der Waals surface area (Å²) in [5.41, 5.74) is 2.99. The standard InChI is InChI=1S/C11H17ClN2O/c1-7-5-9(15-4)11(14-6-13-3)8(2)10(7)12/h5,13-14H,6H2,1-4H3. The van der Waals surface area contributed by atoms with Crippen molar-refractivity contribution in [3.8, 4) is 5.75 Å². The predicted octanol–water partition coefficient (Wildman–Crippen LogP) is 2.55. The van der Waals surface area contributed by atoms with Crippen LogP contribution in [0.3, 0.4) is 0 Å². The summed E-state index contributed by atoms with van der Waals surface area (Å²) in [4.78, 5) is 0. The van der Waals surface area contributed by atoms with Gasteiger partial charge in [-0.05, 0) is 38.1 Å². The van der Waals surface area contributed by atoms with E-state index >= 15 is 0 Å². The van der Waals surface area contributed by atoms with Gasteiger partial charge in [0.05, 0.1) is 19.5 Å². The molecular weight excluding hydrogens is 212 g/mol. The molecule has 4 heteroatoms. The fourth-order valence-corrected chi connectivity index (χ4v) is 1.63. The third-order valence-corrected chi connectivity index (χ3v) is 2.89. The first-order valence-electron chi connectivity index (χ1n) is 4.84. The minimum Gasteiger partial charge on any atom is -0.495 e. The van der Waals surface area contributed by atoms with Gasteiger partial charge in [0.25, 0.3) is 0 Å². The van der Waals surface area contributed by atoms with Crippen LogP contribution in [0.1, 0.15) is 11.1 Å². The maximum Gasteiger partial charge on any atom is 0.142 e. The molecule has 0 atom stereocenters. The summed E-state index contributed by atoms with van der Waals surface area (Å²) >= 11 is 6.17. The molecule has 0 aliphatic carbocycles. The van der Waals surface area contributed by atoms with E-state index in [2.05, 4.69) is 10.6 Å². The molecule has 0 heterocycles. The molecule has 0 aliphatic heterocycles. The third kappa shape index (κ3) is 2.55. The smallest absolute Gasteiger partial charge is 0.142 e. The monoisotopic (exact) mass is 228 g/mol. The van der Waals surface area contributed by atoms with Crippen molar-refractivity contribution in [3.05, 3.63) is 22.2 Å². The highest BCUT2D eigenvalue weighted by molar-refractivity contribution is 6.32. The summed E-state index contributed by atoms with van der Waals surface area (Å²) in [5.74, 6) is 0.824. The van der Waals surface area contributed by atoms with Crippen molar-refractivity contribution in [2.75, 3.05) is 26.1 Å². The summed E-state index contributed by atoms with van der Waals surface area (Å²) in [5, 5.41) is 7.04. The van der Waals surface area contributed by atoms with Crippen LogP contribution in [0.4, 0.5) is 5.69 Å². The van der Waals surface area contributed by atoms with Crippen LogP contribution in [0, 0.1) is 13.8 Å². The van der Waals surface area contributed by atoms with E-state index in [9.17, 15) is 0 Å². The third-order valence-electron chi connectivity index (χ3n) is 2.31. The number of halogens is 1. The van der Waals surface area contributed by atoms with Crippen molar-refractivity contribution in [2.24, 2.45) is 0 Å². The molecule has 0 spiro atoms. The van der Waals surface area contributed by atoms with Gasteiger partial charge in [-0.15, -0.1) is 0 Å². The summed E-state index contributed by atoms with van der Waals surface area (Å²) in [6.45, 7) is 4.63. The molecule has 2 N–H and O–H groups in total. The Hall–Kier alpha value is -0.930. The van der Waals surface area contributed by atoms with Crippen molar-refractivity contribution in [1.29, 1.82) is 0 Å². The first-order valence-corrected chi connectivity index (χ1v) is 5.21. The van der Waals surface area contributed by atoms with E-state index in [-0.39, 0.29) is 0 Å². The lowest BCUT2D eigenvalue weighted by Gasteiger charge is -2.16. The number of rotatable bonds is 4. The molecule has 0 aromatic heterocycles. The highest BCUT2D eigenvalue weighted by Crippen LogP contribution is 2.35. The molecule has 0 unspecified atom stereocenters. The van der Waals surface area contributed by atoms with E-state index in [1.54, 1.807) is 7.11 Å². The van der Waals surface area contributed by atoms with Crippen molar-refractivity contribution in [2.45, 2.75) is 13.8 Å². The average Bonchev–Trinajstić information content (AvgIpc) is 2.24. The van der Waals surface area contributed by atoms with Crippen LogP contribution in [0.15, 0.2) is 6.07 Å². The number of ether oxygens (including phenoxy) is 1. The fraction of sp³-hybridized carbons (Fsp3) is 0.455. The number of hydrogen-bond donors (Lipinski definition) is 2. The lowest BCUT2D eigenvalue weighted by atomic mass is 10.1. The second kappa shape index (κ2) is 5.24. The summed E-state index contributed by atoms with van der Waals surface area (Å²) in [6.07, 6.45) is 0. The van der Waals surface area contributed by atoms with Crippen LogP contribution in [0.25, 0.3) is 0 Å². The van der Waals surface area contributed by atoms with Gasteiger partial charge in [0.15, 0.2) is 0 Å². The first-order chi connectivity index (χ1) is 7.11. The molecule has 1 aromatic rings. The van der Waals surface area contributed by atoms with Gasteiger partial charge in [0.2, 0.25) is 0 Å². The van der Waals surface area contributed by atoms with E-state index in [1.165, 1.54) is 0 Å². The van der Waals surface area contributed by atoms with E-state index in [1.807, 2.05) is 27.0 Å². The Bertz CT molecular complexity index is 353. The van der Waals surface area contributed by atoms with Gasteiger partial charge < -0.3 is 15.4 Å². The predicted molar refractivity (Wildman–Crippen MR) is 65.0 cm³/mol. The van der Waals surface area contributed by atoms with Gasteiger partial charge in [0.1, 0.15) is 5.75 Å². The minimum absolute atomic E-state index is 0.677. The van der Waals surface area contributed by atoms with Gasteiger partial charge in [-0.1, -0.05) is 11.6 Å². The Kier molecular flexibility index (Phi) is 4.24. The van der Waals surface area contributed by atoms with Crippen molar-refractivity contribution < 1.29 is 4.74 Å². The average molecular weight is 229 g/mol. The lowest BCUT2D eigenvalue weighted by Crippen LogP contribution is -2.18. The van der Waals surface area contributed by atoms with Crippen LogP contribution in [0.2, 0.25) is 5.02 Å². The van der Waals surface area contributed by atoms with E-state index in [0.29, 0.717) is 6.67 Å². The number of aryl methyl sites for hydroxylation is 1. The Morgan fingerprint density at radius 1 is 1.40 bits per heavy atom. The maximum atomic E-state index is 6.17. The number of nitrogens with one attached hydrogen (secondary N) is 2. The number of methoxy groups -OCH3 is 1. The molecule has 0 saturated carbocycles. The molecule has 0 saturated heterocycles. The van der Waals surface area contributed by atoms with E-state index in [0.717, 1.165) is 27.6 Å². The van der Waals surface area contributed by atoms with Crippen molar-refractivity contribution >= 4 is 17.3 Å². The maximum absolute atomic E-state index is 6.17. The zero-order valence-corrected chi connectivity index (χ0v) is 10.3. The number of hydrogen-bond acceptors (Lipinski definition) is 3. The summed E-state index contributed by atoms with van der Waals surface area (Å²) < 4.78 is 5.31. The van der Waals surface area contributed by atoms with Gasteiger partial charge in [-0.3, -0.25) is 0 Å². The highest BCUT2D eigenvalue weighted by atomic mass is 35.5. The Morgan fingerprint density at radius 3 is 2.60 bits per heavy atom. The lowest BCUT2D eigenvalue weighted by molar-refractivity contribution is 0.416.